The molecule has 2 aliphatic rings. The van der Waals surface area contributed by atoms with E-state index < -0.39 is 15.8 Å². The first kappa shape index (κ1) is 26.9. The van der Waals surface area contributed by atoms with E-state index in [1.54, 1.807) is 30.3 Å². The van der Waals surface area contributed by atoms with E-state index in [-0.39, 0.29) is 47.7 Å². The minimum atomic E-state index is -3.64. The fourth-order valence-corrected chi connectivity index (χ4v) is 6.42. The smallest absolute Gasteiger partial charge is 0.240 e. The van der Waals surface area contributed by atoms with E-state index in [4.69, 9.17) is 16.3 Å². The van der Waals surface area contributed by atoms with E-state index in [0.29, 0.717) is 5.02 Å². The van der Waals surface area contributed by atoms with Gasteiger partial charge in [-0.1, -0.05) is 48.4 Å². The largest absolute Gasteiger partial charge is 0.489 e. The van der Waals surface area contributed by atoms with Crippen LogP contribution in [0.25, 0.3) is 0 Å². The standard InChI is InChI=1S/C27H28ClFN2O3S.ClH/c28-21-9-7-20(8-10-21)27(12-4-13-27)26-23-18-25(24(29)17-19(23)11-14-30-26)34-16-15-31-35(32,33)22-5-2-1-3-6-22;/h1-3,5-10,17-18,26,30-31H,4,11-16H2;1H. The molecule has 192 valence electrons. The van der Waals surface area contributed by atoms with E-state index in [1.165, 1.54) is 17.7 Å². The monoisotopic (exact) mass is 550 g/mol. The zero-order valence-corrected chi connectivity index (χ0v) is 22.1. The molecule has 1 aliphatic heterocycles. The molecule has 1 unspecified atom stereocenters. The number of ether oxygens (including phenoxy) is 1. The van der Waals surface area contributed by atoms with Crippen LogP contribution in [0.5, 0.6) is 5.75 Å². The number of nitrogens with one attached hydrogen (secondary N) is 2. The van der Waals surface area contributed by atoms with Crippen LogP contribution in [0.2, 0.25) is 5.02 Å². The molecule has 1 atom stereocenters. The lowest BCUT2D eigenvalue weighted by molar-refractivity contribution is 0.164. The van der Waals surface area contributed by atoms with Gasteiger partial charge in [0.15, 0.2) is 11.6 Å². The SMILES string of the molecule is Cl.O=S(=O)(NCCOc1cc2c(cc1F)CCNC2C1(c2ccc(Cl)cc2)CCC1)c1ccccc1. The van der Waals surface area contributed by atoms with Gasteiger partial charge < -0.3 is 10.1 Å². The first-order chi connectivity index (χ1) is 16.9. The van der Waals surface area contributed by atoms with Gasteiger partial charge in [-0.3, -0.25) is 0 Å². The Morgan fingerprint density at radius 3 is 2.47 bits per heavy atom. The quantitative estimate of drug-likeness (QED) is 0.360. The van der Waals surface area contributed by atoms with Gasteiger partial charge in [0.2, 0.25) is 10.0 Å². The lowest BCUT2D eigenvalue weighted by Gasteiger charge is -2.50. The van der Waals surface area contributed by atoms with Crippen LogP contribution in [0.1, 0.15) is 42.0 Å². The zero-order valence-electron chi connectivity index (χ0n) is 19.7. The van der Waals surface area contributed by atoms with Gasteiger partial charge in [0.1, 0.15) is 6.61 Å². The molecule has 3 aromatic rings. The Balaban J connectivity index is 0.00000304. The predicted molar refractivity (Wildman–Crippen MR) is 142 cm³/mol. The lowest BCUT2D eigenvalue weighted by atomic mass is 9.58. The van der Waals surface area contributed by atoms with Gasteiger partial charge in [0.25, 0.3) is 0 Å². The van der Waals surface area contributed by atoms with Crippen molar-refractivity contribution in [2.75, 3.05) is 19.7 Å². The summed E-state index contributed by atoms with van der Waals surface area (Å²) < 4.78 is 47.9. The van der Waals surface area contributed by atoms with Crippen LogP contribution in [0.15, 0.2) is 71.6 Å². The third-order valence-corrected chi connectivity index (χ3v) is 8.90. The Morgan fingerprint density at radius 2 is 1.81 bits per heavy atom. The fourth-order valence-electron chi connectivity index (χ4n) is 5.26. The highest BCUT2D eigenvalue weighted by atomic mass is 35.5. The molecule has 9 heteroatoms. The van der Waals surface area contributed by atoms with E-state index in [1.807, 2.05) is 12.1 Å². The van der Waals surface area contributed by atoms with Crippen LogP contribution in [-0.4, -0.2) is 28.1 Å². The number of benzene rings is 3. The van der Waals surface area contributed by atoms with Crippen LogP contribution in [0, 0.1) is 5.82 Å². The van der Waals surface area contributed by atoms with Crippen molar-refractivity contribution >= 4 is 34.0 Å². The highest BCUT2D eigenvalue weighted by molar-refractivity contribution is 7.89. The maximum absolute atomic E-state index is 14.9. The second-order valence-corrected chi connectivity index (χ2v) is 11.4. The van der Waals surface area contributed by atoms with Crippen LogP contribution in [0.4, 0.5) is 4.39 Å². The summed E-state index contributed by atoms with van der Waals surface area (Å²) in [5.74, 6) is -0.286. The molecule has 1 heterocycles. The minimum absolute atomic E-state index is 0. The molecule has 0 spiro atoms. The van der Waals surface area contributed by atoms with Crippen molar-refractivity contribution in [3.05, 3.63) is 94.3 Å². The average Bonchev–Trinajstić information content (AvgIpc) is 2.83. The number of sulfonamides is 1. The summed E-state index contributed by atoms with van der Waals surface area (Å²) in [6.07, 6.45) is 3.97. The molecule has 36 heavy (non-hydrogen) atoms. The molecule has 5 nitrogen and oxygen atoms in total. The van der Waals surface area contributed by atoms with E-state index >= 15 is 0 Å². The molecular formula is C27H29Cl2FN2O3S. The molecule has 0 amide bonds. The van der Waals surface area contributed by atoms with Crippen molar-refractivity contribution in [1.29, 1.82) is 0 Å². The number of rotatable bonds is 8. The Hall–Kier alpha value is -2.16. The molecule has 0 aromatic heterocycles. The van der Waals surface area contributed by atoms with E-state index in [2.05, 4.69) is 22.2 Å². The van der Waals surface area contributed by atoms with Crippen molar-refractivity contribution < 1.29 is 17.5 Å². The topological polar surface area (TPSA) is 67.4 Å². The Kier molecular flexibility index (Phi) is 8.27. The van der Waals surface area contributed by atoms with Gasteiger partial charge in [-0.25, -0.2) is 17.5 Å². The summed E-state index contributed by atoms with van der Waals surface area (Å²) >= 11 is 6.13. The normalized spacial score (nSPS) is 18.4. The lowest BCUT2D eigenvalue weighted by Crippen LogP contribution is -2.49. The molecular weight excluding hydrogens is 522 g/mol. The third kappa shape index (κ3) is 5.27. The van der Waals surface area contributed by atoms with Crippen molar-refractivity contribution in [3.8, 4) is 5.75 Å². The maximum atomic E-state index is 14.9. The minimum Gasteiger partial charge on any atom is -0.489 e. The van der Waals surface area contributed by atoms with Crippen LogP contribution in [-0.2, 0) is 21.9 Å². The summed E-state index contributed by atoms with van der Waals surface area (Å²) in [5.41, 5.74) is 3.21. The molecule has 5 rings (SSSR count). The second-order valence-electron chi connectivity index (χ2n) is 9.19. The predicted octanol–water partition coefficient (Wildman–Crippen LogP) is 5.57. The molecule has 3 aromatic carbocycles. The Labute approximate surface area is 222 Å². The Morgan fingerprint density at radius 1 is 1.08 bits per heavy atom. The highest BCUT2D eigenvalue weighted by Gasteiger charge is 2.47. The van der Waals surface area contributed by atoms with Crippen molar-refractivity contribution in [1.82, 2.24) is 10.0 Å². The third-order valence-electron chi connectivity index (χ3n) is 7.17. The van der Waals surface area contributed by atoms with Crippen LogP contribution >= 0.6 is 24.0 Å². The van der Waals surface area contributed by atoms with Crippen molar-refractivity contribution in [3.63, 3.8) is 0 Å². The maximum Gasteiger partial charge on any atom is 0.240 e. The molecule has 2 N–H and O–H groups in total. The molecule has 1 fully saturated rings. The van der Waals surface area contributed by atoms with Gasteiger partial charge in [0.05, 0.1) is 4.90 Å². The number of fused-ring (bicyclic) bond motifs is 1. The molecule has 0 bridgehead atoms. The van der Waals surface area contributed by atoms with E-state index in [0.717, 1.165) is 43.4 Å². The van der Waals surface area contributed by atoms with Gasteiger partial charge in [-0.2, -0.15) is 0 Å². The number of hydrogen-bond donors (Lipinski definition) is 2. The summed E-state index contributed by atoms with van der Waals surface area (Å²) in [5, 5.41) is 4.39. The molecule has 0 saturated heterocycles. The van der Waals surface area contributed by atoms with Crippen molar-refractivity contribution in [2.45, 2.75) is 42.0 Å². The summed E-state index contributed by atoms with van der Waals surface area (Å²) in [6.45, 7) is 0.834. The first-order valence-electron chi connectivity index (χ1n) is 11.9. The molecule has 1 saturated carbocycles. The molecule has 1 aliphatic carbocycles. The summed E-state index contributed by atoms with van der Waals surface area (Å²) in [6, 6.07) is 19.6. The Bertz CT molecular complexity index is 1300. The van der Waals surface area contributed by atoms with Gasteiger partial charge in [0, 0.05) is 23.0 Å². The summed E-state index contributed by atoms with van der Waals surface area (Å²) in [7, 11) is -3.64. The van der Waals surface area contributed by atoms with Crippen LogP contribution in [0.3, 0.4) is 0 Å². The second kappa shape index (κ2) is 11.1. The fraction of sp³-hybridized carbons (Fsp3) is 0.333. The molecule has 0 radical (unpaired) electrons. The van der Waals surface area contributed by atoms with Crippen molar-refractivity contribution in [2.24, 2.45) is 0 Å². The van der Waals surface area contributed by atoms with E-state index in [9.17, 15) is 12.8 Å². The van der Waals surface area contributed by atoms with Gasteiger partial charge in [-0.05, 0) is 78.9 Å². The number of hydrogen-bond acceptors (Lipinski definition) is 4. The van der Waals surface area contributed by atoms with Gasteiger partial charge >= 0.3 is 0 Å². The zero-order chi connectivity index (χ0) is 24.5. The van der Waals surface area contributed by atoms with Crippen LogP contribution < -0.4 is 14.8 Å². The van der Waals surface area contributed by atoms with Gasteiger partial charge in [-0.15, -0.1) is 12.4 Å². The average molecular weight is 552 g/mol. The highest BCUT2D eigenvalue weighted by Crippen LogP contribution is 2.54. The first-order valence-corrected chi connectivity index (χ1v) is 13.7. The summed E-state index contributed by atoms with van der Waals surface area (Å²) in [4.78, 5) is 0.182. The number of halogens is 3.